The number of nitrogens with zero attached hydrogens (tertiary/aromatic N) is 1. The van der Waals surface area contributed by atoms with E-state index in [9.17, 15) is 9.59 Å². The smallest absolute Gasteiger partial charge is 0.331 e. The lowest BCUT2D eigenvalue weighted by atomic mass is 10.3. The third-order valence-corrected chi connectivity index (χ3v) is 4.36. The first-order valence-electron chi connectivity index (χ1n) is 7.36. The summed E-state index contributed by atoms with van der Waals surface area (Å²) in [6.07, 6.45) is 2.83. The second kappa shape index (κ2) is 7.92. The van der Waals surface area contributed by atoms with Crippen LogP contribution in [-0.2, 0) is 14.3 Å². The molecule has 1 heterocycles. The Labute approximate surface area is 152 Å². The van der Waals surface area contributed by atoms with Gasteiger partial charge in [0.05, 0.1) is 10.2 Å². The molecule has 1 N–H and O–H groups in total. The van der Waals surface area contributed by atoms with Gasteiger partial charge in [-0.25, -0.2) is 9.78 Å². The maximum atomic E-state index is 11.8. The number of fused-ring (bicyclic) bond motifs is 1. The van der Waals surface area contributed by atoms with E-state index in [4.69, 9.17) is 16.3 Å². The monoisotopic (exact) mass is 372 g/mol. The van der Waals surface area contributed by atoms with E-state index in [2.05, 4.69) is 10.3 Å². The van der Waals surface area contributed by atoms with E-state index < -0.39 is 11.9 Å². The fraction of sp³-hybridized carbons (Fsp3) is 0.0556. The number of carbonyl (C=O) groups is 2. The van der Waals surface area contributed by atoms with Crippen LogP contribution >= 0.6 is 22.9 Å². The first-order valence-corrected chi connectivity index (χ1v) is 8.55. The third-order valence-electron chi connectivity index (χ3n) is 3.13. The molecular weight excluding hydrogens is 360 g/mol. The average molecular weight is 373 g/mol. The zero-order valence-corrected chi connectivity index (χ0v) is 14.5. The number of halogens is 1. The maximum Gasteiger partial charge on any atom is 0.331 e. The summed E-state index contributed by atoms with van der Waals surface area (Å²) in [5.74, 6) is -1.05. The minimum absolute atomic E-state index is 0.379. The number of amides is 1. The quantitative estimate of drug-likeness (QED) is 0.539. The molecule has 1 aromatic heterocycles. The van der Waals surface area contributed by atoms with Crippen molar-refractivity contribution < 1.29 is 14.3 Å². The number of esters is 1. The summed E-state index contributed by atoms with van der Waals surface area (Å²) in [5.41, 5.74) is 1.42. The van der Waals surface area contributed by atoms with Gasteiger partial charge in [0.2, 0.25) is 0 Å². The van der Waals surface area contributed by atoms with Crippen LogP contribution in [0.2, 0.25) is 5.02 Å². The molecule has 0 aliphatic rings. The maximum absolute atomic E-state index is 11.8. The fourth-order valence-electron chi connectivity index (χ4n) is 2.05. The van der Waals surface area contributed by atoms with E-state index in [1.54, 1.807) is 30.3 Å². The summed E-state index contributed by atoms with van der Waals surface area (Å²) < 4.78 is 5.95. The van der Waals surface area contributed by atoms with Crippen LogP contribution in [0.3, 0.4) is 0 Å². The van der Waals surface area contributed by atoms with Crippen LogP contribution in [-0.4, -0.2) is 23.5 Å². The van der Waals surface area contributed by atoms with E-state index in [0.717, 1.165) is 10.2 Å². The molecular formula is C18H13ClN2O3S. The summed E-state index contributed by atoms with van der Waals surface area (Å²) in [6, 6.07) is 14.4. The van der Waals surface area contributed by atoms with Crippen molar-refractivity contribution in [3.63, 3.8) is 0 Å². The van der Waals surface area contributed by atoms with Crippen LogP contribution in [0.5, 0.6) is 0 Å². The van der Waals surface area contributed by atoms with Crippen molar-refractivity contribution in [2.45, 2.75) is 0 Å². The normalized spacial score (nSPS) is 10.9. The van der Waals surface area contributed by atoms with Gasteiger partial charge in [-0.05, 0) is 36.4 Å². The molecule has 3 aromatic rings. The van der Waals surface area contributed by atoms with E-state index in [1.807, 2.05) is 24.3 Å². The van der Waals surface area contributed by atoms with Gasteiger partial charge >= 0.3 is 5.97 Å². The molecule has 0 aliphatic carbocycles. The van der Waals surface area contributed by atoms with Gasteiger partial charge in [0.1, 0.15) is 5.01 Å². The molecule has 0 bridgehead atoms. The summed E-state index contributed by atoms with van der Waals surface area (Å²) in [4.78, 5) is 27.8. The first-order chi connectivity index (χ1) is 12.1. The number of hydrogen-bond donors (Lipinski definition) is 1. The minimum Gasteiger partial charge on any atom is -0.452 e. The zero-order valence-electron chi connectivity index (χ0n) is 12.9. The molecule has 7 heteroatoms. The van der Waals surface area contributed by atoms with Gasteiger partial charge in [-0.2, -0.15) is 0 Å². The molecule has 0 spiro atoms. The van der Waals surface area contributed by atoms with Crippen molar-refractivity contribution in [2.24, 2.45) is 0 Å². The van der Waals surface area contributed by atoms with Crippen molar-refractivity contribution in [1.29, 1.82) is 0 Å². The summed E-state index contributed by atoms with van der Waals surface area (Å²) >= 11 is 7.30. The Morgan fingerprint density at radius 1 is 1.20 bits per heavy atom. The predicted molar refractivity (Wildman–Crippen MR) is 99.7 cm³/mol. The highest BCUT2D eigenvalue weighted by Gasteiger charge is 2.06. The summed E-state index contributed by atoms with van der Waals surface area (Å²) in [7, 11) is 0. The molecule has 126 valence electrons. The Morgan fingerprint density at radius 2 is 2.04 bits per heavy atom. The summed E-state index contributed by atoms with van der Waals surface area (Å²) in [5, 5.41) is 3.80. The van der Waals surface area contributed by atoms with Gasteiger partial charge in [-0.15, -0.1) is 11.3 Å². The topological polar surface area (TPSA) is 68.3 Å². The van der Waals surface area contributed by atoms with Gasteiger partial charge in [0.15, 0.2) is 6.61 Å². The second-order valence-corrected chi connectivity index (χ2v) is 6.52. The molecule has 0 fully saturated rings. The molecule has 0 saturated heterocycles. The van der Waals surface area contributed by atoms with Gasteiger partial charge < -0.3 is 10.1 Å². The Morgan fingerprint density at radius 3 is 2.84 bits per heavy atom. The van der Waals surface area contributed by atoms with Crippen molar-refractivity contribution >= 4 is 56.8 Å². The summed E-state index contributed by atoms with van der Waals surface area (Å²) in [6.45, 7) is -0.379. The van der Waals surface area contributed by atoms with E-state index in [0.29, 0.717) is 15.7 Å². The van der Waals surface area contributed by atoms with E-state index in [1.165, 1.54) is 17.4 Å². The number of aromatic nitrogens is 1. The fourth-order valence-corrected chi connectivity index (χ4v) is 3.11. The molecule has 1 amide bonds. The minimum atomic E-state index is -0.611. The molecule has 5 nitrogen and oxygen atoms in total. The van der Waals surface area contributed by atoms with Crippen molar-refractivity contribution in [2.75, 3.05) is 11.9 Å². The SMILES string of the molecule is O=C(COC(=O)/C=C/c1nc2ccccc2s1)Nc1cccc(Cl)c1. The third kappa shape index (κ3) is 4.89. The van der Waals surface area contributed by atoms with Crippen LogP contribution in [0, 0.1) is 0 Å². The van der Waals surface area contributed by atoms with Crippen LogP contribution in [0.1, 0.15) is 5.01 Å². The largest absolute Gasteiger partial charge is 0.452 e. The number of ether oxygens (including phenoxy) is 1. The number of carbonyl (C=O) groups excluding carboxylic acids is 2. The number of hydrogen-bond acceptors (Lipinski definition) is 5. The highest BCUT2D eigenvalue weighted by atomic mass is 35.5. The molecule has 3 rings (SSSR count). The lowest BCUT2D eigenvalue weighted by molar-refractivity contribution is -0.142. The van der Waals surface area contributed by atoms with Gasteiger partial charge in [0, 0.05) is 16.8 Å². The van der Waals surface area contributed by atoms with E-state index >= 15 is 0 Å². The van der Waals surface area contributed by atoms with Crippen LogP contribution < -0.4 is 5.32 Å². The molecule has 2 aromatic carbocycles. The molecule has 25 heavy (non-hydrogen) atoms. The molecule has 0 unspecified atom stereocenters. The Kier molecular flexibility index (Phi) is 5.42. The Hall–Kier alpha value is -2.70. The number of anilines is 1. The molecule has 0 saturated carbocycles. The first kappa shape index (κ1) is 17.1. The van der Waals surface area contributed by atoms with Gasteiger partial charge in [-0.3, -0.25) is 4.79 Å². The van der Waals surface area contributed by atoms with Crippen LogP contribution in [0.15, 0.2) is 54.6 Å². The highest BCUT2D eigenvalue weighted by Crippen LogP contribution is 2.22. The second-order valence-electron chi connectivity index (χ2n) is 5.02. The van der Waals surface area contributed by atoms with Crippen molar-refractivity contribution in [3.8, 4) is 0 Å². The van der Waals surface area contributed by atoms with Crippen molar-refractivity contribution in [3.05, 3.63) is 64.6 Å². The van der Waals surface area contributed by atoms with Crippen LogP contribution in [0.4, 0.5) is 5.69 Å². The standard InChI is InChI=1S/C18H13ClN2O3S/c19-12-4-3-5-13(10-12)20-16(22)11-24-18(23)9-8-17-21-14-6-1-2-7-15(14)25-17/h1-10H,11H2,(H,20,22)/b9-8+. The number of nitrogens with one attached hydrogen (secondary N) is 1. The van der Waals surface area contributed by atoms with Crippen molar-refractivity contribution in [1.82, 2.24) is 4.98 Å². The molecule has 0 radical (unpaired) electrons. The number of benzene rings is 2. The Bertz CT molecular complexity index is 919. The number of para-hydroxylation sites is 1. The number of rotatable bonds is 5. The van der Waals surface area contributed by atoms with Crippen LogP contribution in [0.25, 0.3) is 16.3 Å². The Balaban J connectivity index is 1.51. The van der Waals surface area contributed by atoms with E-state index in [-0.39, 0.29) is 6.61 Å². The van der Waals surface area contributed by atoms with Gasteiger partial charge in [-0.1, -0.05) is 29.8 Å². The molecule has 0 atom stereocenters. The lowest BCUT2D eigenvalue weighted by Gasteiger charge is -2.05. The zero-order chi connectivity index (χ0) is 17.6. The van der Waals surface area contributed by atoms with Gasteiger partial charge in [0.25, 0.3) is 5.91 Å². The molecule has 0 aliphatic heterocycles. The number of thiazole rings is 1. The lowest BCUT2D eigenvalue weighted by Crippen LogP contribution is -2.20. The average Bonchev–Trinajstić information content (AvgIpc) is 3.01. The predicted octanol–water partition coefficient (Wildman–Crippen LogP) is 4.14. The highest BCUT2D eigenvalue weighted by molar-refractivity contribution is 7.19.